The van der Waals surface area contributed by atoms with E-state index >= 15 is 0 Å². The predicted molar refractivity (Wildman–Crippen MR) is 130 cm³/mol. The van der Waals surface area contributed by atoms with E-state index in [1.54, 1.807) is 12.1 Å². The van der Waals surface area contributed by atoms with E-state index < -0.39 is 11.8 Å². The lowest BCUT2D eigenvalue weighted by atomic mass is 10.1. The molecule has 6 nitrogen and oxygen atoms in total. The maximum absolute atomic E-state index is 12.5. The van der Waals surface area contributed by atoms with Crippen LogP contribution in [-0.4, -0.2) is 36.0 Å². The molecule has 3 aromatic rings. The van der Waals surface area contributed by atoms with Gasteiger partial charge in [0.15, 0.2) is 16.6 Å². The predicted octanol–water partition coefficient (Wildman–Crippen LogP) is 4.45. The molecule has 1 N–H and O–H groups in total. The normalized spacial score (nSPS) is 15.3. The van der Waals surface area contributed by atoms with Crippen molar-refractivity contribution in [2.24, 2.45) is 0 Å². The van der Waals surface area contributed by atoms with Crippen LogP contribution >= 0.6 is 28.1 Å². The Hall–Kier alpha value is -3.23. The van der Waals surface area contributed by atoms with E-state index in [0.29, 0.717) is 28.1 Å². The van der Waals surface area contributed by atoms with Crippen LogP contribution in [0.3, 0.4) is 0 Å². The first kappa shape index (κ1) is 22.0. The third-order valence-corrected chi connectivity index (χ3v) is 6.21. The van der Waals surface area contributed by atoms with Crippen LogP contribution in [0.1, 0.15) is 11.1 Å². The smallest absolute Gasteiger partial charge is 0.265 e. The van der Waals surface area contributed by atoms with Gasteiger partial charge in [-0.05, 0) is 52.3 Å². The van der Waals surface area contributed by atoms with Crippen molar-refractivity contribution in [3.8, 4) is 11.5 Å². The molecule has 0 atom stereocenters. The molecule has 162 valence electrons. The highest BCUT2D eigenvalue weighted by Crippen LogP contribution is 2.36. The van der Waals surface area contributed by atoms with Gasteiger partial charge in [0.25, 0.3) is 11.8 Å². The summed E-state index contributed by atoms with van der Waals surface area (Å²) in [4.78, 5) is 26.0. The van der Waals surface area contributed by atoms with Crippen LogP contribution in [0.4, 0.5) is 0 Å². The van der Waals surface area contributed by atoms with Gasteiger partial charge in [-0.15, -0.1) is 0 Å². The minimum atomic E-state index is -0.541. The highest BCUT2D eigenvalue weighted by atomic mass is 79.9. The first-order valence-corrected chi connectivity index (χ1v) is 10.9. The number of carbonyl (C=O) groups excluding carboxylic acids is 2. The first-order chi connectivity index (χ1) is 15.4. The van der Waals surface area contributed by atoms with Gasteiger partial charge in [-0.2, -0.15) is 0 Å². The second-order valence-electron chi connectivity index (χ2n) is 7.13. The summed E-state index contributed by atoms with van der Waals surface area (Å²) < 4.78 is 12.2. The van der Waals surface area contributed by atoms with Crippen molar-refractivity contribution < 1.29 is 19.1 Å². The number of nitrogens with zero attached hydrogens (tertiary/aromatic N) is 1. The van der Waals surface area contributed by atoms with Gasteiger partial charge < -0.3 is 9.47 Å². The molecule has 0 aliphatic carbocycles. The van der Waals surface area contributed by atoms with Crippen molar-refractivity contribution in [2.45, 2.75) is 6.61 Å². The Labute approximate surface area is 198 Å². The third-order valence-electron chi connectivity index (χ3n) is 5.15. The molecule has 1 aliphatic rings. The quantitative estimate of drug-likeness (QED) is 0.312. The molecule has 0 aromatic heterocycles. The van der Waals surface area contributed by atoms with Gasteiger partial charge in [0.1, 0.15) is 12.2 Å². The van der Waals surface area contributed by atoms with Crippen molar-refractivity contribution in [1.29, 1.82) is 0 Å². The Morgan fingerprint density at radius 2 is 1.84 bits per heavy atom. The number of thiocarbonyl (C=S) groups is 1. The number of carbonyl (C=O) groups is 2. The molecule has 8 heteroatoms. The molecule has 2 amide bonds. The first-order valence-electron chi connectivity index (χ1n) is 9.71. The molecule has 0 radical (unpaired) electrons. The van der Waals surface area contributed by atoms with Crippen LogP contribution in [0.25, 0.3) is 16.8 Å². The van der Waals surface area contributed by atoms with E-state index in [0.717, 1.165) is 16.3 Å². The average Bonchev–Trinajstić information content (AvgIpc) is 2.80. The number of halogens is 1. The maximum Gasteiger partial charge on any atom is 0.265 e. The molecule has 1 heterocycles. The standard InChI is InChI=1S/C24H19BrN2O4S/c1-27-23(29)18(22(28)26-24(27)32)10-16-11-20(30-2)21(12-19(16)25)31-13-15-8-5-7-14-6-3-4-9-17(14)15/h3-12H,13H2,1-2H3,(H,26,28,32)/b18-10+. The van der Waals surface area contributed by atoms with E-state index in [2.05, 4.69) is 39.4 Å². The number of nitrogens with one attached hydrogen (secondary N) is 1. The summed E-state index contributed by atoms with van der Waals surface area (Å²) in [7, 11) is 3.05. The fraction of sp³-hybridized carbons (Fsp3) is 0.125. The van der Waals surface area contributed by atoms with Gasteiger partial charge in [-0.25, -0.2) is 0 Å². The van der Waals surface area contributed by atoms with Crippen molar-refractivity contribution in [2.75, 3.05) is 14.2 Å². The topological polar surface area (TPSA) is 67.9 Å². The summed E-state index contributed by atoms with van der Waals surface area (Å²) in [6.45, 7) is 0.355. The van der Waals surface area contributed by atoms with Gasteiger partial charge >= 0.3 is 0 Å². The summed E-state index contributed by atoms with van der Waals surface area (Å²) in [5.74, 6) is 0.00107. The summed E-state index contributed by atoms with van der Waals surface area (Å²) in [6, 6.07) is 17.7. The largest absolute Gasteiger partial charge is 0.493 e. The van der Waals surface area contributed by atoms with Gasteiger partial charge in [-0.1, -0.05) is 58.4 Å². The summed E-state index contributed by atoms with van der Waals surface area (Å²) in [6.07, 6.45) is 1.50. The second-order valence-corrected chi connectivity index (χ2v) is 8.37. The van der Waals surface area contributed by atoms with Crippen LogP contribution in [0, 0.1) is 0 Å². The molecule has 1 fully saturated rings. The van der Waals surface area contributed by atoms with Gasteiger partial charge in [0.2, 0.25) is 0 Å². The Balaban J connectivity index is 1.63. The molecule has 0 bridgehead atoms. The van der Waals surface area contributed by atoms with Crippen LogP contribution in [0.15, 0.2) is 64.6 Å². The minimum absolute atomic E-state index is 0.0201. The van der Waals surface area contributed by atoms with E-state index in [-0.39, 0.29) is 10.7 Å². The van der Waals surface area contributed by atoms with Crippen LogP contribution in [-0.2, 0) is 16.2 Å². The fourth-order valence-electron chi connectivity index (χ4n) is 3.41. The number of hydrogen-bond acceptors (Lipinski definition) is 5. The number of methoxy groups -OCH3 is 1. The van der Waals surface area contributed by atoms with Crippen LogP contribution < -0.4 is 14.8 Å². The Bertz CT molecular complexity index is 1280. The molecular formula is C24H19BrN2O4S. The van der Waals surface area contributed by atoms with Crippen molar-refractivity contribution in [1.82, 2.24) is 10.2 Å². The Morgan fingerprint density at radius 3 is 2.62 bits per heavy atom. The number of rotatable bonds is 5. The highest BCUT2D eigenvalue weighted by molar-refractivity contribution is 9.10. The molecule has 3 aromatic carbocycles. The van der Waals surface area contributed by atoms with E-state index in [9.17, 15) is 9.59 Å². The van der Waals surface area contributed by atoms with E-state index in [1.807, 2.05) is 24.3 Å². The van der Waals surface area contributed by atoms with Crippen LogP contribution in [0.5, 0.6) is 11.5 Å². The van der Waals surface area contributed by atoms with Crippen molar-refractivity contribution in [3.05, 3.63) is 75.8 Å². The van der Waals surface area contributed by atoms with Gasteiger partial charge in [0.05, 0.1) is 7.11 Å². The number of likely N-dealkylation sites (N-methyl/N-ethyl adjacent to an activating group) is 1. The van der Waals surface area contributed by atoms with E-state index in [4.69, 9.17) is 21.7 Å². The highest BCUT2D eigenvalue weighted by Gasteiger charge is 2.31. The molecule has 0 unspecified atom stereocenters. The van der Waals surface area contributed by atoms with Gasteiger partial charge in [-0.3, -0.25) is 19.8 Å². The number of amides is 2. The Kier molecular flexibility index (Phi) is 6.25. The monoisotopic (exact) mass is 510 g/mol. The zero-order valence-corrected chi connectivity index (χ0v) is 19.7. The molecular weight excluding hydrogens is 492 g/mol. The van der Waals surface area contributed by atoms with Gasteiger partial charge in [0, 0.05) is 11.5 Å². The zero-order valence-electron chi connectivity index (χ0n) is 17.3. The van der Waals surface area contributed by atoms with E-state index in [1.165, 1.54) is 25.1 Å². The molecule has 0 spiro atoms. The zero-order chi connectivity index (χ0) is 22.8. The summed E-state index contributed by atoms with van der Waals surface area (Å²) in [5.41, 5.74) is 1.63. The summed E-state index contributed by atoms with van der Waals surface area (Å²) >= 11 is 8.49. The molecule has 0 saturated carbocycles. The number of ether oxygens (including phenoxy) is 2. The molecule has 32 heavy (non-hydrogen) atoms. The van der Waals surface area contributed by atoms with Crippen LogP contribution in [0.2, 0.25) is 0 Å². The molecule has 1 aliphatic heterocycles. The fourth-order valence-corrected chi connectivity index (χ4v) is 4.02. The minimum Gasteiger partial charge on any atom is -0.493 e. The number of fused-ring (bicyclic) bond motifs is 1. The van der Waals surface area contributed by atoms with Crippen molar-refractivity contribution in [3.63, 3.8) is 0 Å². The van der Waals surface area contributed by atoms with Crippen molar-refractivity contribution >= 4 is 61.9 Å². The maximum atomic E-state index is 12.5. The number of hydrogen-bond donors (Lipinski definition) is 1. The number of benzene rings is 3. The molecule has 4 rings (SSSR count). The summed E-state index contributed by atoms with van der Waals surface area (Å²) in [5, 5.41) is 4.84. The lowest BCUT2D eigenvalue weighted by Crippen LogP contribution is -2.52. The Morgan fingerprint density at radius 1 is 1.09 bits per heavy atom. The third kappa shape index (κ3) is 4.24. The lowest BCUT2D eigenvalue weighted by molar-refractivity contribution is -0.128. The lowest BCUT2D eigenvalue weighted by Gasteiger charge is -2.25. The average molecular weight is 511 g/mol. The SMILES string of the molecule is COc1cc(/C=C2\C(=O)NC(=S)N(C)C2=O)c(Br)cc1OCc1cccc2ccccc12. The second kappa shape index (κ2) is 9.10. The molecule has 1 saturated heterocycles.